The molecule has 0 saturated heterocycles. The number of nitrogens with one attached hydrogen (secondary N) is 1. The summed E-state index contributed by atoms with van der Waals surface area (Å²) in [7, 11) is 1.63. The number of nitriles is 1. The Bertz CT molecular complexity index is 617. The molecule has 0 unspecified atom stereocenters. The molecule has 4 heteroatoms. The van der Waals surface area contributed by atoms with Crippen LogP contribution in [0.15, 0.2) is 42.5 Å². The molecule has 96 valence electrons. The zero-order valence-electron chi connectivity index (χ0n) is 10.7. The Morgan fingerprint density at radius 1 is 1.21 bits per heavy atom. The van der Waals surface area contributed by atoms with Gasteiger partial charge in [0.05, 0.1) is 19.6 Å². The molecule has 0 aliphatic rings. The van der Waals surface area contributed by atoms with Crippen molar-refractivity contribution in [1.29, 1.82) is 5.26 Å². The van der Waals surface area contributed by atoms with E-state index in [9.17, 15) is 0 Å². The zero-order chi connectivity index (χ0) is 13.7. The molecule has 0 fully saturated rings. The van der Waals surface area contributed by atoms with E-state index in [2.05, 4.69) is 11.4 Å². The molecule has 0 aliphatic heterocycles. The number of anilines is 3. The summed E-state index contributed by atoms with van der Waals surface area (Å²) in [4.78, 5) is 0. The highest BCUT2D eigenvalue weighted by Gasteiger charge is 2.02. The summed E-state index contributed by atoms with van der Waals surface area (Å²) in [6, 6.07) is 15.3. The number of nitrogen functional groups attached to an aromatic ring is 1. The van der Waals surface area contributed by atoms with E-state index in [1.807, 2.05) is 36.4 Å². The zero-order valence-corrected chi connectivity index (χ0v) is 10.7. The van der Waals surface area contributed by atoms with E-state index in [-0.39, 0.29) is 0 Å². The van der Waals surface area contributed by atoms with Crippen molar-refractivity contribution in [3.63, 3.8) is 0 Å². The first-order chi connectivity index (χ1) is 9.22. The third kappa shape index (κ3) is 3.17. The standard InChI is InChI=1S/C15H15N3O/c1-19-14-4-2-3-12(10-14)18-13-5-6-15(17)11(9-13)7-8-16/h2-6,9-10,18H,7,17H2,1H3. The van der Waals surface area contributed by atoms with E-state index < -0.39 is 0 Å². The molecule has 3 N–H and O–H groups in total. The van der Waals surface area contributed by atoms with Gasteiger partial charge in [-0.1, -0.05) is 6.07 Å². The van der Waals surface area contributed by atoms with Crippen molar-refractivity contribution in [3.05, 3.63) is 48.0 Å². The first-order valence-corrected chi connectivity index (χ1v) is 5.89. The Labute approximate surface area is 112 Å². The Morgan fingerprint density at radius 2 is 2.00 bits per heavy atom. The normalized spacial score (nSPS) is 9.68. The fraction of sp³-hybridized carbons (Fsp3) is 0.133. The lowest BCUT2D eigenvalue weighted by Crippen LogP contribution is -1.97. The van der Waals surface area contributed by atoms with Crippen LogP contribution in [-0.4, -0.2) is 7.11 Å². The van der Waals surface area contributed by atoms with Crippen LogP contribution in [0.2, 0.25) is 0 Å². The average Bonchev–Trinajstić information content (AvgIpc) is 2.43. The number of hydrogen-bond donors (Lipinski definition) is 2. The first-order valence-electron chi connectivity index (χ1n) is 5.89. The Morgan fingerprint density at radius 3 is 2.74 bits per heavy atom. The van der Waals surface area contributed by atoms with Gasteiger partial charge in [0.15, 0.2) is 0 Å². The molecule has 0 spiro atoms. The number of rotatable bonds is 4. The number of nitrogens with zero attached hydrogens (tertiary/aromatic N) is 1. The minimum absolute atomic E-state index is 0.305. The van der Waals surface area contributed by atoms with Crippen molar-refractivity contribution < 1.29 is 4.74 Å². The van der Waals surface area contributed by atoms with Gasteiger partial charge in [-0.25, -0.2) is 0 Å². The largest absolute Gasteiger partial charge is 0.497 e. The van der Waals surface area contributed by atoms with Crippen LogP contribution in [0.3, 0.4) is 0 Å². The van der Waals surface area contributed by atoms with Crippen LogP contribution in [0.25, 0.3) is 0 Å². The highest BCUT2D eigenvalue weighted by atomic mass is 16.5. The minimum Gasteiger partial charge on any atom is -0.497 e. The molecular formula is C15H15N3O. The number of ether oxygens (including phenoxy) is 1. The SMILES string of the molecule is COc1cccc(Nc2ccc(N)c(CC#N)c2)c1. The second-order valence-corrected chi connectivity index (χ2v) is 4.11. The maximum atomic E-state index is 8.75. The molecule has 19 heavy (non-hydrogen) atoms. The molecule has 0 heterocycles. The molecule has 0 atom stereocenters. The van der Waals surface area contributed by atoms with Gasteiger partial charge >= 0.3 is 0 Å². The van der Waals surface area contributed by atoms with E-state index in [1.54, 1.807) is 13.2 Å². The second-order valence-electron chi connectivity index (χ2n) is 4.11. The second kappa shape index (κ2) is 5.78. The molecular weight excluding hydrogens is 238 g/mol. The number of methoxy groups -OCH3 is 1. The predicted octanol–water partition coefficient (Wildman–Crippen LogP) is 3.09. The van der Waals surface area contributed by atoms with Gasteiger partial charge in [-0.3, -0.25) is 0 Å². The summed E-state index contributed by atoms with van der Waals surface area (Å²) >= 11 is 0. The lowest BCUT2D eigenvalue weighted by atomic mass is 10.1. The highest BCUT2D eigenvalue weighted by molar-refractivity contribution is 5.65. The Balaban J connectivity index is 2.23. The van der Waals surface area contributed by atoms with Crippen molar-refractivity contribution in [2.45, 2.75) is 6.42 Å². The van der Waals surface area contributed by atoms with Crippen LogP contribution >= 0.6 is 0 Å². The van der Waals surface area contributed by atoms with Gasteiger partial charge in [-0.15, -0.1) is 0 Å². The minimum atomic E-state index is 0.305. The lowest BCUT2D eigenvalue weighted by Gasteiger charge is -2.10. The van der Waals surface area contributed by atoms with Crippen molar-refractivity contribution in [3.8, 4) is 11.8 Å². The monoisotopic (exact) mass is 253 g/mol. The molecule has 0 aliphatic carbocycles. The van der Waals surface area contributed by atoms with Crippen molar-refractivity contribution in [1.82, 2.24) is 0 Å². The number of nitrogens with two attached hydrogens (primary N) is 1. The third-order valence-electron chi connectivity index (χ3n) is 2.77. The maximum Gasteiger partial charge on any atom is 0.120 e. The fourth-order valence-corrected chi connectivity index (χ4v) is 1.79. The van der Waals surface area contributed by atoms with Gasteiger partial charge in [0.25, 0.3) is 0 Å². The predicted molar refractivity (Wildman–Crippen MR) is 76.4 cm³/mol. The summed E-state index contributed by atoms with van der Waals surface area (Å²) in [6.45, 7) is 0. The fourth-order valence-electron chi connectivity index (χ4n) is 1.79. The summed E-state index contributed by atoms with van der Waals surface area (Å²) in [5.41, 5.74) is 9.10. The average molecular weight is 253 g/mol. The van der Waals surface area contributed by atoms with Crippen LogP contribution in [0.4, 0.5) is 17.1 Å². The van der Waals surface area contributed by atoms with Crippen LogP contribution in [-0.2, 0) is 6.42 Å². The van der Waals surface area contributed by atoms with Gasteiger partial charge < -0.3 is 15.8 Å². The molecule has 0 amide bonds. The quantitative estimate of drug-likeness (QED) is 0.821. The molecule has 0 aromatic heterocycles. The third-order valence-corrected chi connectivity index (χ3v) is 2.77. The van der Waals surface area contributed by atoms with E-state index in [0.29, 0.717) is 12.1 Å². The van der Waals surface area contributed by atoms with Crippen LogP contribution in [0, 0.1) is 11.3 Å². The molecule has 0 saturated carbocycles. The Kier molecular flexibility index (Phi) is 3.89. The summed E-state index contributed by atoms with van der Waals surface area (Å²) in [6.07, 6.45) is 0.305. The van der Waals surface area contributed by atoms with Gasteiger partial charge in [0.2, 0.25) is 0 Å². The van der Waals surface area contributed by atoms with Crippen molar-refractivity contribution in [2.75, 3.05) is 18.2 Å². The maximum absolute atomic E-state index is 8.75. The van der Waals surface area contributed by atoms with E-state index in [1.165, 1.54) is 0 Å². The molecule has 0 bridgehead atoms. The van der Waals surface area contributed by atoms with Crippen LogP contribution in [0.5, 0.6) is 5.75 Å². The molecule has 2 rings (SSSR count). The van der Waals surface area contributed by atoms with Gasteiger partial charge in [-0.05, 0) is 35.9 Å². The van der Waals surface area contributed by atoms with E-state index >= 15 is 0 Å². The van der Waals surface area contributed by atoms with Crippen molar-refractivity contribution in [2.24, 2.45) is 0 Å². The molecule has 2 aromatic rings. The van der Waals surface area contributed by atoms with Gasteiger partial charge in [0.1, 0.15) is 5.75 Å². The summed E-state index contributed by atoms with van der Waals surface area (Å²) < 4.78 is 5.17. The highest BCUT2D eigenvalue weighted by Crippen LogP contribution is 2.24. The number of hydrogen-bond acceptors (Lipinski definition) is 4. The van der Waals surface area contributed by atoms with Crippen LogP contribution in [0.1, 0.15) is 5.56 Å². The topological polar surface area (TPSA) is 71.1 Å². The van der Waals surface area contributed by atoms with E-state index in [4.69, 9.17) is 15.7 Å². The molecule has 4 nitrogen and oxygen atoms in total. The van der Waals surface area contributed by atoms with E-state index in [0.717, 1.165) is 22.7 Å². The molecule has 0 radical (unpaired) electrons. The Hall–Kier alpha value is -2.67. The van der Waals surface area contributed by atoms with Gasteiger partial charge in [0, 0.05) is 23.1 Å². The lowest BCUT2D eigenvalue weighted by molar-refractivity contribution is 0.415. The van der Waals surface area contributed by atoms with Crippen LogP contribution < -0.4 is 15.8 Å². The molecule has 2 aromatic carbocycles. The van der Waals surface area contributed by atoms with Crippen molar-refractivity contribution >= 4 is 17.1 Å². The van der Waals surface area contributed by atoms with Gasteiger partial charge in [-0.2, -0.15) is 5.26 Å². The smallest absolute Gasteiger partial charge is 0.120 e. The summed E-state index contributed by atoms with van der Waals surface area (Å²) in [5.74, 6) is 0.790. The summed E-state index contributed by atoms with van der Waals surface area (Å²) in [5, 5.41) is 12.0. The number of benzene rings is 2. The first kappa shape index (κ1) is 12.8.